The van der Waals surface area contributed by atoms with Crippen molar-refractivity contribution in [1.82, 2.24) is 0 Å². The normalized spacial score (nSPS) is 10.5. The second-order valence-electron chi connectivity index (χ2n) is 4.12. The second-order valence-corrected chi connectivity index (χ2v) is 6.67. The van der Waals surface area contributed by atoms with E-state index in [1.807, 2.05) is 12.1 Å². The third kappa shape index (κ3) is 3.01. The number of hydrogen-bond acceptors (Lipinski definition) is 3. The van der Waals surface area contributed by atoms with Crippen molar-refractivity contribution in [2.24, 2.45) is 0 Å². The van der Waals surface area contributed by atoms with Crippen LogP contribution in [-0.4, -0.2) is 7.05 Å². The molecule has 0 radical (unpaired) electrons. The summed E-state index contributed by atoms with van der Waals surface area (Å²) in [6.07, 6.45) is 0. The summed E-state index contributed by atoms with van der Waals surface area (Å²) in [4.78, 5) is 3.50. The Bertz CT molecular complexity index is 522. The maximum absolute atomic E-state index is 6.00. The van der Waals surface area contributed by atoms with Crippen LogP contribution in [0.2, 0.25) is 0 Å². The third-order valence-electron chi connectivity index (χ3n) is 2.62. The van der Waals surface area contributed by atoms with Gasteiger partial charge in [0.1, 0.15) is 0 Å². The van der Waals surface area contributed by atoms with Crippen LogP contribution in [0.4, 0.5) is 11.4 Å². The number of anilines is 2. The van der Waals surface area contributed by atoms with Gasteiger partial charge in [-0.15, -0.1) is 11.3 Å². The lowest BCUT2D eigenvalue weighted by Gasteiger charge is -2.20. The van der Waals surface area contributed by atoms with Crippen molar-refractivity contribution in [3.8, 4) is 0 Å². The summed E-state index contributed by atoms with van der Waals surface area (Å²) in [6.45, 7) is 2.96. The average molecular weight is 311 g/mol. The lowest BCUT2D eigenvalue weighted by molar-refractivity contribution is 0.941. The largest absolute Gasteiger partial charge is 0.397 e. The van der Waals surface area contributed by atoms with E-state index in [1.54, 1.807) is 11.3 Å². The molecule has 1 aromatic heterocycles. The zero-order valence-electron chi connectivity index (χ0n) is 9.90. The first-order chi connectivity index (χ1) is 8.06. The molecule has 0 aliphatic carbocycles. The van der Waals surface area contributed by atoms with Gasteiger partial charge in [-0.3, -0.25) is 0 Å². The SMILES string of the molecule is Cc1ccc(N)c(N(C)Cc2ccc(Br)s2)c1. The van der Waals surface area contributed by atoms with Crippen molar-refractivity contribution in [3.05, 3.63) is 44.6 Å². The Morgan fingerprint density at radius 3 is 2.71 bits per heavy atom. The molecule has 0 atom stereocenters. The first kappa shape index (κ1) is 12.5. The number of halogens is 1. The number of thiophene rings is 1. The molecule has 2 rings (SSSR count). The average Bonchev–Trinajstić information content (AvgIpc) is 2.67. The van der Waals surface area contributed by atoms with Crippen LogP contribution >= 0.6 is 27.3 Å². The molecule has 0 aliphatic rings. The highest BCUT2D eigenvalue weighted by molar-refractivity contribution is 9.11. The van der Waals surface area contributed by atoms with Crippen LogP contribution in [0.5, 0.6) is 0 Å². The molecular weight excluding hydrogens is 296 g/mol. The van der Waals surface area contributed by atoms with Crippen LogP contribution < -0.4 is 10.6 Å². The Morgan fingerprint density at radius 2 is 2.06 bits per heavy atom. The Labute approximate surface area is 114 Å². The van der Waals surface area contributed by atoms with E-state index in [0.717, 1.165) is 21.7 Å². The molecule has 17 heavy (non-hydrogen) atoms. The summed E-state index contributed by atoms with van der Waals surface area (Å²) in [7, 11) is 2.07. The fourth-order valence-electron chi connectivity index (χ4n) is 1.74. The van der Waals surface area contributed by atoms with Crippen LogP contribution in [0.3, 0.4) is 0 Å². The highest BCUT2D eigenvalue weighted by Gasteiger charge is 2.07. The molecule has 2 nitrogen and oxygen atoms in total. The maximum atomic E-state index is 6.00. The van der Waals surface area contributed by atoms with Gasteiger partial charge in [0.2, 0.25) is 0 Å². The summed E-state index contributed by atoms with van der Waals surface area (Å²) in [5.41, 5.74) is 9.15. The van der Waals surface area contributed by atoms with Crippen LogP contribution in [-0.2, 0) is 6.54 Å². The van der Waals surface area contributed by atoms with E-state index < -0.39 is 0 Å². The Hall–Kier alpha value is -1.000. The minimum absolute atomic E-state index is 0.828. The second kappa shape index (κ2) is 5.10. The van der Waals surface area contributed by atoms with Gasteiger partial charge in [-0.05, 0) is 52.7 Å². The van der Waals surface area contributed by atoms with Crippen molar-refractivity contribution in [2.75, 3.05) is 17.7 Å². The molecule has 1 heterocycles. The molecule has 2 N–H and O–H groups in total. The summed E-state index contributed by atoms with van der Waals surface area (Å²) in [6, 6.07) is 10.3. The molecule has 0 saturated carbocycles. The van der Waals surface area contributed by atoms with Crippen LogP contribution in [0.15, 0.2) is 34.1 Å². The fraction of sp³-hybridized carbons (Fsp3) is 0.231. The van der Waals surface area contributed by atoms with Crippen molar-refractivity contribution in [3.63, 3.8) is 0 Å². The number of nitrogens with zero attached hydrogens (tertiary/aromatic N) is 1. The maximum Gasteiger partial charge on any atom is 0.0702 e. The zero-order chi connectivity index (χ0) is 12.4. The van der Waals surface area contributed by atoms with E-state index in [0.29, 0.717) is 0 Å². The number of nitrogen functional groups attached to an aromatic ring is 1. The fourth-order valence-corrected chi connectivity index (χ4v) is 3.28. The van der Waals surface area contributed by atoms with Crippen LogP contribution in [0.25, 0.3) is 0 Å². The lowest BCUT2D eigenvalue weighted by atomic mass is 10.2. The highest BCUT2D eigenvalue weighted by atomic mass is 79.9. The van der Waals surface area contributed by atoms with E-state index in [4.69, 9.17) is 5.73 Å². The molecule has 4 heteroatoms. The molecule has 2 aromatic rings. The summed E-state index contributed by atoms with van der Waals surface area (Å²) in [5, 5.41) is 0. The Kier molecular flexibility index (Phi) is 3.74. The van der Waals surface area contributed by atoms with Gasteiger partial charge < -0.3 is 10.6 Å². The molecule has 0 unspecified atom stereocenters. The van der Waals surface area contributed by atoms with Gasteiger partial charge >= 0.3 is 0 Å². The van der Waals surface area contributed by atoms with Gasteiger partial charge in [0.25, 0.3) is 0 Å². The third-order valence-corrected chi connectivity index (χ3v) is 4.23. The van der Waals surface area contributed by atoms with Crippen LogP contribution in [0, 0.1) is 6.92 Å². The molecular formula is C13H15BrN2S. The van der Waals surface area contributed by atoms with Crippen LogP contribution in [0.1, 0.15) is 10.4 Å². The number of benzene rings is 1. The van der Waals surface area contributed by atoms with Gasteiger partial charge in [0.05, 0.1) is 21.7 Å². The quantitative estimate of drug-likeness (QED) is 0.867. The number of rotatable bonds is 3. The molecule has 0 amide bonds. The molecule has 0 fully saturated rings. The van der Waals surface area contributed by atoms with E-state index in [9.17, 15) is 0 Å². The predicted octanol–water partition coefficient (Wildman–Crippen LogP) is 4.04. The van der Waals surface area contributed by atoms with E-state index in [1.165, 1.54) is 10.4 Å². The Morgan fingerprint density at radius 1 is 1.29 bits per heavy atom. The van der Waals surface area contributed by atoms with Crippen molar-refractivity contribution in [1.29, 1.82) is 0 Å². The molecule has 0 saturated heterocycles. The first-order valence-corrected chi connectivity index (χ1v) is 6.98. The monoisotopic (exact) mass is 310 g/mol. The molecule has 0 bridgehead atoms. The topological polar surface area (TPSA) is 29.3 Å². The zero-order valence-corrected chi connectivity index (χ0v) is 12.3. The van der Waals surface area contributed by atoms with E-state index >= 15 is 0 Å². The van der Waals surface area contributed by atoms with E-state index in [2.05, 4.69) is 53.0 Å². The summed E-state index contributed by atoms with van der Waals surface area (Å²) in [5.74, 6) is 0. The summed E-state index contributed by atoms with van der Waals surface area (Å²) >= 11 is 5.23. The number of nitrogens with two attached hydrogens (primary N) is 1. The van der Waals surface area contributed by atoms with Gasteiger partial charge in [0.15, 0.2) is 0 Å². The highest BCUT2D eigenvalue weighted by Crippen LogP contribution is 2.28. The van der Waals surface area contributed by atoms with Crippen molar-refractivity contribution in [2.45, 2.75) is 13.5 Å². The molecule has 0 spiro atoms. The number of hydrogen-bond donors (Lipinski definition) is 1. The lowest BCUT2D eigenvalue weighted by Crippen LogP contribution is -2.17. The van der Waals surface area contributed by atoms with Crippen molar-refractivity contribution >= 4 is 38.6 Å². The van der Waals surface area contributed by atoms with Crippen molar-refractivity contribution < 1.29 is 0 Å². The minimum Gasteiger partial charge on any atom is -0.397 e. The first-order valence-electron chi connectivity index (χ1n) is 5.38. The standard InChI is InChI=1S/C13H15BrN2S/c1-9-3-5-11(15)12(7-9)16(2)8-10-4-6-13(14)17-10/h3-7H,8,15H2,1-2H3. The summed E-state index contributed by atoms with van der Waals surface area (Å²) < 4.78 is 1.16. The Balaban J connectivity index is 2.19. The number of aryl methyl sites for hydroxylation is 1. The minimum atomic E-state index is 0.828. The molecule has 0 aliphatic heterocycles. The van der Waals surface area contributed by atoms with Gasteiger partial charge in [-0.25, -0.2) is 0 Å². The molecule has 90 valence electrons. The smallest absolute Gasteiger partial charge is 0.0702 e. The van der Waals surface area contributed by atoms with Gasteiger partial charge in [-0.1, -0.05) is 6.07 Å². The van der Waals surface area contributed by atoms with Gasteiger partial charge in [-0.2, -0.15) is 0 Å². The van der Waals surface area contributed by atoms with Gasteiger partial charge in [0, 0.05) is 11.9 Å². The van der Waals surface area contributed by atoms with E-state index in [-0.39, 0.29) is 0 Å². The molecule has 1 aromatic carbocycles. The predicted molar refractivity (Wildman–Crippen MR) is 79.7 cm³/mol.